The fraction of sp³-hybridized carbons (Fsp3) is 0.286. The van der Waals surface area contributed by atoms with Crippen LogP contribution in [0.1, 0.15) is 51.5 Å². The highest BCUT2D eigenvalue weighted by atomic mass is 35.5. The first-order valence-electron chi connectivity index (χ1n) is 9.05. The molecule has 152 valence electrons. The van der Waals surface area contributed by atoms with Crippen LogP contribution < -0.4 is 4.74 Å². The zero-order valence-electron chi connectivity index (χ0n) is 15.4. The molecule has 1 fully saturated rings. The minimum absolute atomic E-state index is 0.0561. The fourth-order valence-corrected chi connectivity index (χ4v) is 4.10. The quantitative estimate of drug-likeness (QED) is 0.514. The molecule has 0 aliphatic heterocycles. The molecule has 8 heteroatoms. The molecule has 29 heavy (non-hydrogen) atoms. The number of aromatic amines is 1. The summed E-state index contributed by atoms with van der Waals surface area (Å²) in [6.45, 7) is 1.88. The maximum atomic E-state index is 12.5. The first-order valence-corrected chi connectivity index (χ1v) is 9.42. The van der Waals surface area contributed by atoms with Crippen LogP contribution in [0.25, 0.3) is 10.9 Å². The Morgan fingerprint density at radius 1 is 1.28 bits per heavy atom. The maximum Gasteiger partial charge on any atom is 0.573 e. The summed E-state index contributed by atoms with van der Waals surface area (Å²) < 4.78 is 41.3. The molecule has 1 heterocycles. The fourth-order valence-electron chi connectivity index (χ4n) is 3.79. The summed E-state index contributed by atoms with van der Waals surface area (Å²) in [6.07, 6.45) is -2.34. The number of ether oxygens (including phenoxy) is 1. The lowest BCUT2D eigenvalue weighted by Crippen LogP contribution is -2.16. The highest BCUT2D eigenvalue weighted by Crippen LogP contribution is 2.46. The Balaban J connectivity index is 1.73. The van der Waals surface area contributed by atoms with E-state index in [1.54, 1.807) is 12.1 Å². The lowest BCUT2D eigenvalue weighted by molar-refractivity contribution is -0.274. The molecule has 0 saturated heterocycles. The number of hydrogen-bond acceptors (Lipinski definition) is 2. The average molecular weight is 424 g/mol. The van der Waals surface area contributed by atoms with Crippen LogP contribution in [0.4, 0.5) is 13.2 Å². The predicted octanol–water partition coefficient (Wildman–Crippen LogP) is 6.19. The van der Waals surface area contributed by atoms with Crippen molar-refractivity contribution >= 4 is 28.5 Å². The van der Waals surface area contributed by atoms with Crippen molar-refractivity contribution in [2.24, 2.45) is 0 Å². The van der Waals surface area contributed by atoms with Gasteiger partial charge in [-0.3, -0.25) is 0 Å². The second-order valence-electron chi connectivity index (χ2n) is 7.29. The van der Waals surface area contributed by atoms with Gasteiger partial charge in [-0.2, -0.15) is 0 Å². The molecule has 0 atom stereocenters. The Kier molecular flexibility index (Phi) is 4.73. The minimum atomic E-state index is -4.76. The summed E-state index contributed by atoms with van der Waals surface area (Å²) in [5.41, 5.74) is 4.00. The number of alkyl halides is 3. The molecule has 4 rings (SSSR count). The van der Waals surface area contributed by atoms with Gasteiger partial charge in [0.2, 0.25) is 0 Å². The molecular formula is C21H17ClF3NO3. The summed E-state index contributed by atoms with van der Waals surface area (Å²) in [6, 6.07) is 7.51. The number of halogens is 4. The standard InChI is InChI=1S/C21H17ClF3NO3/c1-10-6-16(20(27)28)19(22)15(18(10)11-2-3-11)8-13-7-12-4-5-14(9-17(12)26-13)29-21(23,24)25/h4-7,9,11,26H,2-3,8H2,1H3,(H,27,28). The monoisotopic (exact) mass is 423 g/mol. The van der Waals surface area contributed by atoms with E-state index in [1.807, 2.05) is 13.0 Å². The Hall–Kier alpha value is -2.67. The van der Waals surface area contributed by atoms with E-state index in [-0.39, 0.29) is 16.3 Å². The maximum absolute atomic E-state index is 12.5. The number of hydrogen-bond donors (Lipinski definition) is 2. The SMILES string of the molecule is Cc1cc(C(=O)O)c(Cl)c(Cc2cc3ccc(OC(F)(F)F)cc3[nH]2)c1C1CC1. The number of benzene rings is 2. The first-order chi connectivity index (χ1) is 13.6. The zero-order valence-corrected chi connectivity index (χ0v) is 16.1. The van der Waals surface area contributed by atoms with E-state index in [1.165, 1.54) is 12.1 Å². The molecule has 4 nitrogen and oxygen atoms in total. The van der Waals surface area contributed by atoms with Crippen LogP contribution in [-0.4, -0.2) is 22.4 Å². The molecule has 2 N–H and O–H groups in total. The molecule has 1 aliphatic rings. The number of carboxylic acids is 1. The van der Waals surface area contributed by atoms with Gasteiger partial charge in [0.05, 0.1) is 10.6 Å². The van der Waals surface area contributed by atoms with Crippen molar-refractivity contribution in [2.75, 3.05) is 0 Å². The summed E-state index contributed by atoms with van der Waals surface area (Å²) in [5, 5.41) is 10.4. The third-order valence-corrected chi connectivity index (χ3v) is 5.51. The Morgan fingerprint density at radius 2 is 2.00 bits per heavy atom. The summed E-state index contributed by atoms with van der Waals surface area (Å²) in [4.78, 5) is 14.7. The number of carboxylic acid groups (broad SMARTS) is 1. The minimum Gasteiger partial charge on any atom is -0.478 e. The van der Waals surface area contributed by atoms with Crippen LogP contribution in [0.15, 0.2) is 30.3 Å². The molecule has 0 amide bonds. The van der Waals surface area contributed by atoms with Gasteiger partial charge >= 0.3 is 12.3 Å². The Bertz CT molecular complexity index is 1120. The number of rotatable bonds is 5. The summed E-state index contributed by atoms with van der Waals surface area (Å²) in [7, 11) is 0. The van der Waals surface area contributed by atoms with E-state index in [0.29, 0.717) is 17.9 Å². The highest BCUT2D eigenvalue weighted by molar-refractivity contribution is 6.34. The number of H-pyrrole nitrogens is 1. The third kappa shape index (κ3) is 4.05. The van der Waals surface area contributed by atoms with Crippen LogP contribution in [0.3, 0.4) is 0 Å². The molecule has 0 bridgehead atoms. The summed E-state index contributed by atoms with van der Waals surface area (Å²) >= 11 is 6.46. The van der Waals surface area contributed by atoms with Gasteiger partial charge in [-0.15, -0.1) is 13.2 Å². The van der Waals surface area contributed by atoms with Gasteiger partial charge in [-0.1, -0.05) is 11.6 Å². The Labute approximate surface area is 169 Å². The van der Waals surface area contributed by atoms with Crippen molar-refractivity contribution in [3.63, 3.8) is 0 Å². The molecule has 3 aromatic rings. The molecule has 1 saturated carbocycles. The average Bonchev–Trinajstić information content (AvgIpc) is 3.35. The molecule has 1 aliphatic carbocycles. The van der Waals surface area contributed by atoms with E-state index in [9.17, 15) is 23.1 Å². The van der Waals surface area contributed by atoms with Crippen LogP contribution in [0.2, 0.25) is 5.02 Å². The van der Waals surface area contributed by atoms with E-state index in [0.717, 1.165) is 40.6 Å². The third-order valence-electron chi connectivity index (χ3n) is 5.08. The number of fused-ring (bicyclic) bond motifs is 1. The van der Waals surface area contributed by atoms with Gasteiger partial charge < -0.3 is 14.8 Å². The number of aryl methyl sites for hydroxylation is 1. The largest absolute Gasteiger partial charge is 0.573 e. The predicted molar refractivity (Wildman–Crippen MR) is 103 cm³/mol. The molecule has 0 spiro atoms. The molecule has 1 aromatic heterocycles. The second kappa shape index (κ2) is 6.99. The van der Waals surface area contributed by atoms with Gasteiger partial charge in [-0.25, -0.2) is 4.79 Å². The van der Waals surface area contributed by atoms with Crippen molar-refractivity contribution in [3.8, 4) is 5.75 Å². The van der Waals surface area contributed by atoms with Crippen LogP contribution in [0, 0.1) is 6.92 Å². The van der Waals surface area contributed by atoms with Crippen molar-refractivity contribution in [1.82, 2.24) is 4.98 Å². The zero-order chi connectivity index (χ0) is 20.9. The molecule has 0 unspecified atom stereocenters. The van der Waals surface area contributed by atoms with Gasteiger partial charge in [0, 0.05) is 23.7 Å². The number of aromatic nitrogens is 1. The van der Waals surface area contributed by atoms with E-state index in [4.69, 9.17) is 11.6 Å². The Morgan fingerprint density at radius 3 is 2.62 bits per heavy atom. The topological polar surface area (TPSA) is 62.3 Å². The van der Waals surface area contributed by atoms with Gasteiger partial charge in [0.1, 0.15) is 5.75 Å². The number of carbonyl (C=O) groups is 1. The molecule has 0 radical (unpaired) electrons. The number of aromatic carboxylic acids is 1. The second-order valence-corrected chi connectivity index (χ2v) is 7.67. The van der Waals surface area contributed by atoms with Gasteiger partial charge in [0.15, 0.2) is 0 Å². The van der Waals surface area contributed by atoms with Crippen LogP contribution >= 0.6 is 11.6 Å². The van der Waals surface area contributed by atoms with Crippen molar-refractivity contribution in [1.29, 1.82) is 0 Å². The van der Waals surface area contributed by atoms with Crippen LogP contribution in [-0.2, 0) is 6.42 Å². The lowest BCUT2D eigenvalue weighted by Gasteiger charge is -2.16. The highest BCUT2D eigenvalue weighted by Gasteiger charge is 2.32. The van der Waals surface area contributed by atoms with Crippen molar-refractivity contribution in [3.05, 3.63) is 63.3 Å². The summed E-state index contributed by atoms with van der Waals surface area (Å²) in [5.74, 6) is -1.03. The molecular weight excluding hydrogens is 407 g/mol. The van der Waals surface area contributed by atoms with Gasteiger partial charge in [-0.05, 0) is 72.0 Å². The smallest absolute Gasteiger partial charge is 0.478 e. The van der Waals surface area contributed by atoms with Crippen LogP contribution in [0.5, 0.6) is 5.75 Å². The van der Waals surface area contributed by atoms with Crippen molar-refractivity contribution in [2.45, 2.75) is 38.5 Å². The first kappa shape index (κ1) is 19.6. The van der Waals surface area contributed by atoms with E-state index in [2.05, 4.69) is 9.72 Å². The van der Waals surface area contributed by atoms with Gasteiger partial charge in [0.25, 0.3) is 0 Å². The molecule has 2 aromatic carbocycles. The lowest BCUT2D eigenvalue weighted by atomic mass is 9.92. The number of nitrogens with one attached hydrogen (secondary N) is 1. The normalized spacial score (nSPS) is 14.4. The van der Waals surface area contributed by atoms with E-state index >= 15 is 0 Å². The van der Waals surface area contributed by atoms with E-state index < -0.39 is 12.3 Å². The van der Waals surface area contributed by atoms with Crippen molar-refractivity contribution < 1.29 is 27.8 Å².